The molecule has 0 aliphatic rings. The molecule has 0 unspecified atom stereocenters. The first-order chi connectivity index (χ1) is 11.4. The van der Waals surface area contributed by atoms with Gasteiger partial charge in [-0.2, -0.15) is 0 Å². The number of benzene rings is 1. The van der Waals surface area contributed by atoms with Gasteiger partial charge in [0, 0.05) is 31.0 Å². The van der Waals surface area contributed by atoms with Crippen LogP contribution in [0.3, 0.4) is 0 Å². The van der Waals surface area contributed by atoms with Gasteiger partial charge in [0.05, 0.1) is 0 Å². The predicted octanol–water partition coefficient (Wildman–Crippen LogP) is 3.96. The normalized spacial score (nSPS) is 11.2. The summed E-state index contributed by atoms with van der Waals surface area (Å²) in [5, 5.41) is 0. The number of carbonyl (C=O) groups is 1. The number of pyridine rings is 1. The van der Waals surface area contributed by atoms with Crippen molar-refractivity contribution in [3.05, 3.63) is 59.9 Å². The summed E-state index contributed by atoms with van der Waals surface area (Å²) < 4.78 is 5.80. The van der Waals surface area contributed by atoms with Gasteiger partial charge in [-0.05, 0) is 76.1 Å². The smallest absolute Gasteiger partial charge is 0.253 e. The number of amides is 1. The molecule has 1 aromatic carbocycles. The first-order valence-electron chi connectivity index (χ1n) is 8.36. The van der Waals surface area contributed by atoms with Crippen LogP contribution in [0.25, 0.3) is 0 Å². The summed E-state index contributed by atoms with van der Waals surface area (Å²) in [6, 6.07) is 11.3. The summed E-state index contributed by atoms with van der Waals surface area (Å²) in [6.45, 7) is 9.39. The molecule has 1 heterocycles. The summed E-state index contributed by atoms with van der Waals surface area (Å²) in [5.74, 6) is 0.827. The third kappa shape index (κ3) is 5.37. The number of likely N-dealkylation sites (N-methyl/N-ethyl adjacent to an activating group) is 1. The van der Waals surface area contributed by atoms with E-state index >= 15 is 0 Å². The molecule has 24 heavy (non-hydrogen) atoms. The van der Waals surface area contributed by atoms with E-state index in [4.69, 9.17) is 4.74 Å². The monoisotopic (exact) mass is 326 g/mol. The molecule has 2 aromatic rings. The highest BCUT2D eigenvalue weighted by atomic mass is 16.5. The van der Waals surface area contributed by atoms with Crippen LogP contribution in [-0.4, -0.2) is 34.5 Å². The highest BCUT2D eigenvalue weighted by molar-refractivity contribution is 5.94. The van der Waals surface area contributed by atoms with Crippen LogP contribution in [0.2, 0.25) is 0 Å². The fraction of sp³-hybridized carbons (Fsp3) is 0.400. The van der Waals surface area contributed by atoms with Crippen molar-refractivity contribution >= 4 is 5.91 Å². The van der Waals surface area contributed by atoms with E-state index in [0.29, 0.717) is 18.7 Å². The molecule has 0 fully saturated rings. The lowest BCUT2D eigenvalue weighted by molar-refractivity contribution is 0.0766. The summed E-state index contributed by atoms with van der Waals surface area (Å²) in [6.07, 6.45) is 4.39. The van der Waals surface area contributed by atoms with Crippen LogP contribution >= 0.6 is 0 Å². The van der Waals surface area contributed by atoms with Gasteiger partial charge in [0.1, 0.15) is 11.4 Å². The second-order valence-electron chi connectivity index (χ2n) is 6.73. The molecule has 0 radical (unpaired) electrons. The highest BCUT2D eigenvalue weighted by Crippen LogP contribution is 2.19. The van der Waals surface area contributed by atoms with Crippen LogP contribution in [-0.2, 0) is 6.42 Å². The van der Waals surface area contributed by atoms with Gasteiger partial charge in [-0.1, -0.05) is 0 Å². The molecule has 1 aromatic heterocycles. The van der Waals surface area contributed by atoms with Crippen molar-refractivity contribution in [2.75, 3.05) is 13.1 Å². The second kappa shape index (κ2) is 7.95. The lowest BCUT2D eigenvalue weighted by Gasteiger charge is -2.23. The third-order valence-corrected chi connectivity index (χ3v) is 3.61. The third-order valence-electron chi connectivity index (χ3n) is 3.61. The van der Waals surface area contributed by atoms with Crippen LogP contribution in [0, 0.1) is 0 Å². The Morgan fingerprint density at radius 3 is 2.25 bits per heavy atom. The highest BCUT2D eigenvalue weighted by Gasteiger charge is 2.15. The molecule has 0 saturated heterocycles. The number of ether oxygens (including phenoxy) is 1. The molecule has 0 bridgehead atoms. The van der Waals surface area contributed by atoms with E-state index in [2.05, 4.69) is 4.98 Å². The fourth-order valence-corrected chi connectivity index (χ4v) is 2.42. The molecule has 2 rings (SSSR count). The first kappa shape index (κ1) is 18.0. The van der Waals surface area contributed by atoms with Gasteiger partial charge in [-0.25, -0.2) is 0 Å². The largest absolute Gasteiger partial charge is 0.488 e. The lowest BCUT2D eigenvalue weighted by atomic mass is 10.1. The Bertz CT molecular complexity index is 646. The molecule has 0 saturated carbocycles. The summed E-state index contributed by atoms with van der Waals surface area (Å²) in [5.41, 5.74) is 1.63. The van der Waals surface area contributed by atoms with Crippen LogP contribution in [0.4, 0.5) is 0 Å². The number of aromatic nitrogens is 1. The second-order valence-corrected chi connectivity index (χ2v) is 6.73. The first-order valence-corrected chi connectivity index (χ1v) is 8.36. The van der Waals surface area contributed by atoms with Gasteiger partial charge in [-0.15, -0.1) is 0 Å². The molecule has 4 nitrogen and oxygen atoms in total. The van der Waals surface area contributed by atoms with E-state index in [1.807, 2.05) is 69.0 Å². The minimum Gasteiger partial charge on any atom is -0.488 e. The van der Waals surface area contributed by atoms with Crippen molar-refractivity contribution in [3.8, 4) is 5.75 Å². The zero-order chi connectivity index (χ0) is 17.6. The Morgan fingerprint density at radius 2 is 1.71 bits per heavy atom. The lowest BCUT2D eigenvalue weighted by Crippen LogP contribution is -2.32. The molecular formula is C20H26N2O2. The summed E-state index contributed by atoms with van der Waals surface area (Å²) in [4.78, 5) is 18.5. The van der Waals surface area contributed by atoms with Crippen LogP contribution in [0.15, 0.2) is 48.8 Å². The molecular weight excluding hydrogens is 300 g/mol. The zero-order valence-corrected chi connectivity index (χ0v) is 15.0. The molecule has 0 spiro atoms. The minimum absolute atomic E-state index is 0.0499. The van der Waals surface area contributed by atoms with Gasteiger partial charge in [0.2, 0.25) is 0 Å². The predicted molar refractivity (Wildman–Crippen MR) is 96.3 cm³/mol. The Balaban J connectivity index is 2.00. The summed E-state index contributed by atoms with van der Waals surface area (Å²) >= 11 is 0. The molecule has 1 amide bonds. The maximum atomic E-state index is 12.7. The standard InChI is InChI=1S/C20H26N2O2/c1-5-22(15-12-16-10-13-21-14-11-16)19(23)17-6-8-18(9-7-17)24-20(2,3)4/h6-11,13-14H,5,12,15H2,1-4H3. The molecule has 128 valence electrons. The minimum atomic E-state index is -0.245. The van der Waals surface area contributed by atoms with Crippen molar-refractivity contribution in [3.63, 3.8) is 0 Å². The molecule has 0 aliphatic carbocycles. The Labute approximate surface area is 144 Å². The van der Waals surface area contributed by atoms with Crippen LogP contribution in [0.1, 0.15) is 43.6 Å². The maximum absolute atomic E-state index is 12.7. The maximum Gasteiger partial charge on any atom is 0.253 e. The molecule has 4 heteroatoms. The van der Waals surface area contributed by atoms with Crippen molar-refractivity contribution in [2.24, 2.45) is 0 Å². The van der Waals surface area contributed by atoms with Crippen molar-refractivity contribution in [1.82, 2.24) is 9.88 Å². The van der Waals surface area contributed by atoms with E-state index < -0.39 is 0 Å². The average molecular weight is 326 g/mol. The molecule has 0 atom stereocenters. The van der Waals surface area contributed by atoms with E-state index in [1.54, 1.807) is 12.4 Å². The van der Waals surface area contributed by atoms with Crippen molar-refractivity contribution in [2.45, 2.75) is 39.7 Å². The quantitative estimate of drug-likeness (QED) is 0.807. The number of carbonyl (C=O) groups excluding carboxylic acids is 1. The van der Waals surface area contributed by atoms with E-state index in [9.17, 15) is 4.79 Å². The van der Waals surface area contributed by atoms with Crippen LogP contribution in [0.5, 0.6) is 5.75 Å². The van der Waals surface area contributed by atoms with Gasteiger partial charge >= 0.3 is 0 Å². The van der Waals surface area contributed by atoms with Gasteiger partial charge < -0.3 is 9.64 Å². The van der Waals surface area contributed by atoms with E-state index in [0.717, 1.165) is 12.2 Å². The van der Waals surface area contributed by atoms with Gasteiger partial charge in [0.15, 0.2) is 0 Å². The Kier molecular flexibility index (Phi) is 5.96. The Hall–Kier alpha value is -2.36. The molecule has 0 aliphatic heterocycles. The molecule has 0 N–H and O–H groups in total. The van der Waals surface area contributed by atoms with Crippen molar-refractivity contribution in [1.29, 1.82) is 0 Å². The SMILES string of the molecule is CCN(CCc1ccncc1)C(=O)c1ccc(OC(C)(C)C)cc1. The van der Waals surface area contributed by atoms with E-state index in [-0.39, 0.29) is 11.5 Å². The average Bonchev–Trinajstić information content (AvgIpc) is 2.55. The fourth-order valence-electron chi connectivity index (χ4n) is 2.42. The van der Waals surface area contributed by atoms with Gasteiger partial charge in [0.25, 0.3) is 5.91 Å². The van der Waals surface area contributed by atoms with Gasteiger partial charge in [-0.3, -0.25) is 9.78 Å². The number of hydrogen-bond donors (Lipinski definition) is 0. The number of rotatable bonds is 6. The van der Waals surface area contributed by atoms with E-state index in [1.165, 1.54) is 5.56 Å². The number of nitrogens with zero attached hydrogens (tertiary/aromatic N) is 2. The van der Waals surface area contributed by atoms with Crippen LogP contribution < -0.4 is 4.74 Å². The Morgan fingerprint density at radius 1 is 1.08 bits per heavy atom. The summed E-state index contributed by atoms with van der Waals surface area (Å²) in [7, 11) is 0. The topological polar surface area (TPSA) is 42.4 Å². The van der Waals surface area contributed by atoms with Crippen molar-refractivity contribution < 1.29 is 9.53 Å². The number of hydrogen-bond acceptors (Lipinski definition) is 3. The zero-order valence-electron chi connectivity index (χ0n) is 15.0.